The summed E-state index contributed by atoms with van der Waals surface area (Å²) in [6.07, 6.45) is 2.63. The number of ether oxygens (including phenoxy) is 1. The van der Waals surface area contributed by atoms with Gasteiger partial charge >= 0.3 is 0 Å². The predicted molar refractivity (Wildman–Crippen MR) is 61.9 cm³/mol. The monoisotopic (exact) mass is 205 g/mol. The lowest BCUT2D eigenvalue weighted by atomic mass is 9.95. The Morgan fingerprint density at radius 2 is 2.00 bits per heavy atom. The van der Waals surface area contributed by atoms with Gasteiger partial charge in [-0.3, -0.25) is 0 Å². The van der Waals surface area contributed by atoms with Crippen LogP contribution in [0.5, 0.6) is 5.75 Å². The van der Waals surface area contributed by atoms with Gasteiger partial charge < -0.3 is 10.5 Å². The van der Waals surface area contributed by atoms with Gasteiger partial charge in [0.15, 0.2) is 0 Å². The van der Waals surface area contributed by atoms with Crippen LogP contribution in [0.25, 0.3) is 0 Å². The highest BCUT2D eigenvalue weighted by atomic mass is 16.5. The van der Waals surface area contributed by atoms with Crippen LogP contribution in [0.1, 0.15) is 32.3 Å². The maximum atomic E-state index is 6.10. The molecule has 15 heavy (non-hydrogen) atoms. The fourth-order valence-electron chi connectivity index (χ4n) is 1.62. The van der Waals surface area contributed by atoms with Crippen molar-refractivity contribution in [3.05, 3.63) is 29.8 Å². The second kappa shape index (κ2) is 3.86. The van der Waals surface area contributed by atoms with Crippen molar-refractivity contribution in [3.63, 3.8) is 0 Å². The van der Waals surface area contributed by atoms with E-state index in [1.807, 2.05) is 38.1 Å². The highest BCUT2D eigenvalue weighted by Crippen LogP contribution is 2.32. The maximum absolute atomic E-state index is 6.10. The summed E-state index contributed by atoms with van der Waals surface area (Å²) in [6.45, 7) is 4.85. The third-order valence-corrected chi connectivity index (χ3v) is 2.75. The van der Waals surface area contributed by atoms with E-state index in [2.05, 4.69) is 0 Å². The predicted octanol–water partition coefficient (Wildman–Crippen LogP) is 2.67. The van der Waals surface area contributed by atoms with E-state index in [1.165, 1.54) is 12.8 Å². The first-order chi connectivity index (χ1) is 7.07. The molecule has 0 radical (unpaired) electrons. The molecule has 1 aliphatic carbocycles. The number of benzene rings is 1. The van der Waals surface area contributed by atoms with Crippen LogP contribution in [0.2, 0.25) is 0 Å². The Morgan fingerprint density at radius 1 is 1.33 bits per heavy atom. The van der Waals surface area contributed by atoms with E-state index < -0.39 is 0 Å². The van der Waals surface area contributed by atoms with Crippen molar-refractivity contribution >= 4 is 0 Å². The molecule has 1 fully saturated rings. The minimum Gasteiger partial charge on any atom is -0.493 e. The lowest BCUT2D eigenvalue weighted by molar-refractivity contribution is 0.291. The Kier molecular flexibility index (Phi) is 2.70. The SMILES string of the molecule is CC(C)(N)c1ccccc1OCC1CC1. The minimum atomic E-state index is -0.333. The molecule has 0 heterocycles. The molecule has 0 amide bonds. The highest BCUT2D eigenvalue weighted by Gasteiger charge is 2.24. The Labute approximate surface area is 91.4 Å². The zero-order valence-electron chi connectivity index (χ0n) is 9.49. The van der Waals surface area contributed by atoms with Crippen LogP contribution in [0.4, 0.5) is 0 Å². The van der Waals surface area contributed by atoms with E-state index in [0.29, 0.717) is 0 Å². The molecule has 1 aromatic carbocycles. The van der Waals surface area contributed by atoms with Crippen molar-refractivity contribution < 1.29 is 4.74 Å². The molecule has 0 saturated heterocycles. The van der Waals surface area contributed by atoms with Gasteiger partial charge in [0.1, 0.15) is 5.75 Å². The van der Waals surface area contributed by atoms with Crippen LogP contribution >= 0.6 is 0 Å². The molecule has 2 N–H and O–H groups in total. The van der Waals surface area contributed by atoms with Crippen LogP contribution in [0.15, 0.2) is 24.3 Å². The van der Waals surface area contributed by atoms with Gasteiger partial charge in [0, 0.05) is 11.1 Å². The highest BCUT2D eigenvalue weighted by molar-refractivity contribution is 5.38. The minimum absolute atomic E-state index is 0.333. The summed E-state index contributed by atoms with van der Waals surface area (Å²) in [5, 5.41) is 0. The van der Waals surface area contributed by atoms with E-state index in [1.54, 1.807) is 0 Å². The third kappa shape index (κ3) is 2.72. The largest absolute Gasteiger partial charge is 0.493 e. The summed E-state index contributed by atoms with van der Waals surface area (Å²) in [6, 6.07) is 8.06. The number of para-hydroxylation sites is 1. The quantitative estimate of drug-likeness (QED) is 0.820. The fourth-order valence-corrected chi connectivity index (χ4v) is 1.62. The van der Waals surface area contributed by atoms with Crippen molar-refractivity contribution in [1.82, 2.24) is 0 Å². The molecule has 1 aliphatic rings. The van der Waals surface area contributed by atoms with Gasteiger partial charge in [0.25, 0.3) is 0 Å². The molecular weight excluding hydrogens is 186 g/mol. The molecule has 0 bridgehead atoms. The molecule has 0 atom stereocenters. The fraction of sp³-hybridized carbons (Fsp3) is 0.538. The lowest BCUT2D eigenvalue weighted by Gasteiger charge is -2.22. The molecule has 0 aromatic heterocycles. The van der Waals surface area contributed by atoms with Crippen molar-refractivity contribution in [3.8, 4) is 5.75 Å². The molecule has 1 aromatic rings. The standard InChI is InChI=1S/C13H19NO/c1-13(2,14)11-5-3-4-6-12(11)15-9-10-7-8-10/h3-6,10H,7-9,14H2,1-2H3. The van der Waals surface area contributed by atoms with Gasteiger partial charge in [-0.05, 0) is 38.7 Å². The first-order valence-corrected chi connectivity index (χ1v) is 5.58. The molecule has 2 nitrogen and oxygen atoms in total. The van der Waals surface area contributed by atoms with Gasteiger partial charge in [-0.1, -0.05) is 18.2 Å². The van der Waals surface area contributed by atoms with E-state index in [9.17, 15) is 0 Å². The second-order valence-electron chi connectivity index (χ2n) is 4.97. The van der Waals surface area contributed by atoms with Gasteiger partial charge in [0.05, 0.1) is 6.61 Å². The average molecular weight is 205 g/mol. The smallest absolute Gasteiger partial charge is 0.124 e. The van der Waals surface area contributed by atoms with E-state index in [0.717, 1.165) is 23.8 Å². The third-order valence-electron chi connectivity index (χ3n) is 2.75. The first kappa shape index (κ1) is 10.5. The normalized spacial score (nSPS) is 16.5. The van der Waals surface area contributed by atoms with Crippen molar-refractivity contribution in [2.24, 2.45) is 11.7 Å². The van der Waals surface area contributed by atoms with E-state index in [4.69, 9.17) is 10.5 Å². The van der Waals surface area contributed by atoms with Crippen molar-refractivity contribution in [2.75, 3.05) is 6.61 Å². The molecule has 1 saturated carbocycles. The number of hydrogen-bond acceptors (Lipinski definition) is 2. The Bertz CT molecular complexity index is 337. The van der Waals surface area contributed by atoms with Crippen molar-refractivity contribution in [1.29, 1.82) is 0 Å². The molecule has 82 valence electrons. The van der Waals surface area contributed by atoms with Crippen LogP contribution in [0.3, 0.4) is 0 Å². The topological polar surface area (TPSA) is 35.2 Å². The summed E-state index contributed by atoms with van der Waals surface area (Å²) in [5.74, 6) is 1.72. The molecule has 0 spiro atoms. The second-order valence-corrected chi connectivity index (χ2v) is 4.97. The van der Waals surface area contributed by atoms with Gasteiger partial charge in [-0.2, -0.15) is 0 Å². The first-order valence-electron chi connectivity index (χ1n) is 5.58. The zero-order valence-corrected chi connectivity index (χ0v) is 9.49. The summed E-state index contributed by atoms with van der Waals surface area (Å²) in [4.78, 5) is 0. The van der Waals surface area contributed by atoms with Gasteiger partial charge in [-0.15, -0.1) is 0 Å². The summed E-state index contributed by atoms with van der Waals surface area (Å²) < 4.78 is 5.81. The molecule has 0 aliphatic heterocycles. The molecule has 0 unspecified atom stereocenters. The van der Waals surface area contributed by atoms with Gasteiger partial charge in [-0.25, -0.2) is 0 Å². The summed E-state index contributed by atoms with van der Waals surface area (Å²) in [5.41, 5.74) is 6.85. The number of rotatable bonds is 4. The summed E-state index contributed by atoms with van der Waals surface area (Å²) >= 11 is 0. The molecular formula is C13H19NO. The van der Waals surface area contributed by atoms with Gasteiger partial charge in [0.2, 0.25) is 0 Å². The number of hydrogen-bond donors (Lipinski definition) is 1. The van der Waals surface area contributed by atoms with Crippen LogP contribution < -0.4 is 10.5 Å². The van der Waals surface area contributed by atoms with Crippen LogP contribution in [0, 0.1) is 5.92 Å². The Hall–Kier alpha value is -1.02. The zero-order chi connectivity index (χ0) is 10.9. The Balaban J connectivity index is 2.13. The molecule has 2 rings (SSSR count). The lowest BCUT2D eigenvalue weighted by Crippen LogP contribution is -2.29. The average Bonchev–Trinajstić information content (AvgIpc) is 2.97. The van der Waals surface area contributed by atoms with Crippen molar-refractivity contribution in [2.45, 2.75) is 32.2 Å². The van der Waals surface area contributed by atoms with Crippen LogP contribution in [-0.2, 0) is 5.54 Å². The van der Waals surface area contributed by atoms with E-state index >= 15 is 0 Å². The maximum Gasteiger partial charge on any atom is 0.124 e. The summed E-state index contributed by atoms with van der Waals surface area (Å²) in [7, 11) is 0. The Morgan fingerprint density at radius 3 is 2.60 bits per heavy atom. The van der Waals surface area contributed by atoms with Crippen LogP contribution in [-0.4, -0.2) is 6.61 Å². The van der Waals surface area contributed by atoms with E-state index in [-0.39, 0.29) is 5.54 Å². The number of nitrogens with two attached hydrogens (primary N) is 1. The molecule has 2 heteroatoms.